The van der Waals surface area contributed by atoms with Gasteiger partial charge in [0.15, 0.2) is 5.78 Å². The maximum Gasteiger partial charge on any atom is 0.226 e. The highest BCUT2D eigenvalue weighted by Gasteiger charge is 2.59. The van der Waals surface area contributed by atoms with Crippen molar-refractivity contribution < 1.29 is 19.6 Å². The minimum Gasteiger partial charge on any atom is -0.386 e. The number of ether oxygens (including phenoxy) is 1. The number of rotatable bonds is 4. The van der Waals surface area contributed by atoms with Gasteiger partial charge in [-0.15, -0.1) is 0 Å². The lowest BCUT2D eigenvalue weighted by Gasteiger charge is -2.55. The highest BCUT2D eigenvalue weighted by atomic mass is 16.6. The van der Waals surface area contributed by atoms with E-state index in [1.54, 1.807) is 0 Å². The minimum atomic E-state index is -1.19. The first kappa shape index (κ1) is 16.4. The number of carbonyl (C=O) groups is 1. The summed E-state index contributed by atoms with van der Waals surface area (Å²) in [5.74, 6) is 0.199. The van der Waals surface area contributed by atoms with Gasteiger partial charge in [-0.3, -0.25) is 14.9 Å². The Bertz CT molecular complexity index is 436. The van der Waals surface area contributed by atoms with Crippen LogP contribution in [0.25, 0.3) is 0 Å². The van der Waals surface area contributed by atoms with Gasteiger partial charge in [-0.05, 0) is 30.1 Å². The lowest BCUT2D eigenvalue weighted by molar-refractivity contribution is -0.484. The van der Waals surface area contributed by atoms with Crippen molar-refractivity contribution in [1.29, 1.82) is 0 Å². The summed E-state index contributed by atoms with van der Waals surface area (Å²) in [4.78, 5) is 22.3. The number of nitro groups is 1. The van der Waals surface area contributed by atoms with Gasteiger partial charge in [0.05, 0.1) is 0 Å². The maximum absolute atomic E-state index is 12.4. The van der Waals surface area contributed by atoms with E-state index in [1.807, 2.05) is 13.8 Å². The Kier molecular flexibility index (Phi) is 4.40. The first-order valence-electron chi connectivity index (χ1n) is 7.65. The summed E-state index contributed by atoms with van der Waals surface area (Å²) in [5, 5.41) is 21.6. The molecule has 0 aromatic rings. The van der Waals surface area contributed by atoms with Crippen molar-refractivity contribution in [1.82, 2.24) is 0 Å². The van der Waals surface area contributed by atoms with Crippen molar-refractivity contribution in [3.05, 3.63) is 10.1 Å². The van der Waals surface area contributed by atoms with Crippen LogP contribution in [0.1, 0.15) is 46.5 Å². The van der Waals surface area contributed by atoms with Gasteiger partial charge in [-0.1, -0.05) is 27.2 Å². The van der Waals surface area contributed by atoms with Gasteiger partial charge in [0.25, 0.3) is 0 Å². The van der Waals surface area contributed by atoms with Crippen LogP contribution in [0.4, 0.5) is 0 Å². The quantitative estimate of drug-likeness (QED) is 0.631. The van der Waals surface area contributed by atoms with Crippen molar-refractivity contribution in [3.63, 3.8) is 0 Å². The van der Waals surface area contributed by atoms with E-state index in [9.17, 15) is 20.0 Å². The van der Waals surface area contributed by atoms with Gasteiger partial charge in [0.2, 0.25) is 6.54 Å². The zero-order valence-electron chi connectivity index (χ0n) is 13.0. The van der Waals surface area contributed by atoms with Crippen LogP contribution >= 0.6 is 0 Å². The predicted octanol–water partition coefficient (Wildman–Crippen LogP) is 1.81. The molecule has 120 valence electrons. The van der Waals surface area contributed by atoms with Crippen molar-refractivity contribution in [2.75, 3.05) is 13.2 Å². The zero-order valence-corrected chi connectivity index (χ0v) is 13.0. The minimum absolute atomic E-state index is 0.000457. The molecule has 2 aliphatic carbocycles. The lowest BCUT2D eigenvalue weighted by Crippen LogP contribution is -2.64. The molecule has 2 rings (SSSR count). The third-order valence-corrected chi connectivity index (χ3v) is 5.11. The Balaban J connectivity index is 2.21. The molecule has 0 aromatic carbocycles. The number of Topliss-reactive ketones (excluding diaryl/α,β-unsaturated/α-hetero) is 1. The highest BCUT2D eigenvalue weighted by molar-refractivity contribution is 5.86. The molecule has 6 heteroatoms. The predicted molar refractivity (Wildman–Crippen MR) is 76.5 cm³/mol. The molecule has 4 atom stereocenters. The van der Waals surface area contributed by atoms with Gasteiger partial charge < -0.3 is 9.84 Å². The van der Waals surface area contributed by atoms with Crippen LogP contribution in [0.3, 0.4) is 0 Å². The summed E-state index contributed by atoms with van der Waals surface area (Å²) >= 11 is 0. The second kappa shape index (κ2) is 5.65. The Labute approximate surface area is 125 Å². The largest absolute Gasteiger partial charge is 0.386 e. The number of carbonyl (C=O) groups excluding carboxylic acids is 1. The van der Waals surface area contributed by atoms with Gasteiger partial charge in [-0.25, -0.2) is 0 Å². The number of fused-ring (bicyclic) bond motifs is 1. The van der Waals surface area contributed by atoms with Crippen LogP contribution in [0.2, 0.25) is 0 Å². The molecule has 0 saturated heterocycles. The molecule has 21 heavy (non-hydrogen) atoms. The van der Waals surface area contributed by atoms with Crippen LogP contribution in [-0.2, 0) is 9.53 Å². The summed E-state index contributed by atoms with van der Waals surface area (Å²) in [7, 11) is 0. The van der Waals surface area contributed by atoms with E-state index in [-0.39, 0.29) is 30.3 Å². The van der Waals surface area contributed by atoms with Crippen LogP contribution in [0.5, 0.6) is 0 Å². The fraction of sp³-hybridized carbons (Fsp3) is 0.933. The lowest BCUT2D eigenvalue weighted by atomic mass is 9.53. The molecule has 2 saturated carbocycles. The highest BCUT2D eigenvalue weighted by Crippen LogP contribution is 2.53. The topological polar surface area (TPSA) is 89.7 Å². The van der Waals surface area contributed by atoms with Crippen molar-refractivity contribution in [2.45, 2.75) is 58.2 Å². The molecular weight excluding hydrogens is 274 g/mol. The molecule has 2 aliphatic rings. The fourth-order valence-electron chi connectivity index (χ4n) is 4.29. The normalized spacial score (nSPS) is 38.9. The molecule has 0 aromatic heterocycles. The van der Waals surface area contributed by atoms with E-state index in [2.05, 4.69) is 6.92 Å². The van der Waals surface area contributed by atoms with Crippen molar-refractivity contribution in [2.24, 2.45) is 17.3 Å². The van der Waals surface area contributed by atoms with Crippen molar-refractivity contribution in [3.8, 4) is 0 Å². The Morgan fingerprint density at radius 3 is 2.71 bits per heavy atom. The van der Waals surface area contributed by atoms with Crippen LogP contribution in [0.15, 0.2) is 0 Å². The molecule has 0 radical (unpaired) electrons. The molecule has 0 aliphatic heterocycles. The number of nitrogens with zero attached hydrogens (tertiary/aromatic N) is 1. The number of aliphatic hydroxyl groups is 1. The van der Waals surface area contributed by atoms with E-state index < -0.39 is 16.6 Å². The third kappa shape index (κ3) is 3.11. The number of hydrogen-bond acceptors (Lipinski definition) is 5. The monoisotopic (exact) mass is 299 g/mol. The summed E-state index contributed by atoms with van der Waals surface area (Å²) in [6, 6.07) is 0. The second-order valence-corrected chi connectivity index (χ2v) is 7.37. The summed E-state index contributed by atoms with van der Waals surface area (Å²) in [5.41, 5.74) is -1.44. The molecule has 0 bridgehead atoms. The summed E-state index contributed by atoms with van der Waals surface area (Å²) in [6.45, 7) is 5.62. The SMILES string of the molecule is C[C@@H]1CC[C@H]2C(C)(C)CC(=O)C(OCC[N+](=O)[O-])C2(O)C1. The van der Waals surface area contributed by atoms with E-state index in [1.165, 1.54) is 0 Å². The van der Waals surface area contributed by atoms with E-state index in [4.69, 9.17) is 4.74 Å². The average molecular weight is 299 g/mol. The zero-order chi connectivity index (χ0) is 15.8. The standard InChI is InChI=1S/C15H25NO5/c1-10-4-5-12-14(2,3)9-11(17)13(15(12,18)8-10)21-7-6-16(19)20/h10,12-13,18H,4-9H2,1-3H3/t10-,12+,13?,15?/m1/s1. The van der Waals surface area contributed by atoms with Crippen molar-refractivity contribution >= 4 is 5.78 Å². The van der Waals surface area contributed by atoms with Crippen LogP contribution < -0.4 is 0 Å². The van der Waals surface area contributed by atoms with E-state index >= 15 is 0 Å². The maximum atomic E-state index is 12.4. The molecular formula is C15H25NO5. The molecule has 0 spiro atoms. The van der Waals surface area contributed by atoms with E-state index in [0.717, 1.165) is 12.8 Å². The molecule has 2 unspecified atom stereocenters. The Morgan fingerprint density at radius 2 is 2.10 bits per heavy atom. The molecule has 6 nitrogen and oxygen atoms in total. The third-order valence-electron chi connectivity index (χ3n) is 5.11. The van der Waals surface area contributed by atoms with Crippen LogP contribution in [0, 0.1) is 27.4 Å². The molecule has 1 N–H and O–H groups in total. The van der Waals surface area contributed by atoms with Gasteiger partial charge in [-0.2, -0.15) is 0 Å². The number of ketones is 1. The smallest absolute Gasteiger partial charge is 0.226 e. The molecule has 2 fully saturated rings. The molecule has 0 heterocycles. The van der Waals surface area contributed by atoms with Gasteiger partial charge in [0.1, 0.15) is 18.3 Å². The number of hydrogen-bond donors (Lipinski definition) is 1. The first-order valence-corrected chi connectivity index (χ1v) is 7.65. The Hall–Kier alpha value is -1.01. The average Bonchev–Trinajstić information content (AvgIpc) is 2.31. The van der Waals surface area contributed by atoms with Gasteiger partial charge in [0, 0.05) is 11.3 Å². The summed E-state index contributed by atoms with van der Waals surface area (Å²) in [6.07, 6.45) is 1.87. The summed E-state index contributed by atoms with van der Waals surface area (Å²) < 4.78 is 5.48. The second-order valence-electron chi connectivity index (χ2n) is 7.37. The van der Waals surface area contributed by atoms with Gasteiger partial charge >= 0.3 is 0 Å². The first-order chi connectivity index (χ1) is 9.67. The Morgan fingerprint density at radius 1 is 1.43 bits per heavy atom. The van der Waals surface area contributed by atoms with Crippen LogP contribution in [-0.4, -0.2) is 40.7 Å². The fourth-order valence-corrected chi connectivity index (χ4v) is 4.29. The van der Waals surface area contributed by atoms with E-state index in [0.29, 0.717) is 18.8 Å². The molecule has 0 amide bonds.